The van der Waals surface area contributed by atoms with Gasteiger partial charge in [-0.2, -0.15) is 0 Å². The lowest BCUT2D eigenvalue weighted by Gasteiger charge is -2.12. The second-order valence-corrected chi connectivity index (χ2v) is 2.45. The van der Waals surface area contributed by atoms with Gasteiger partial charge in [0, 0.05) is 26.4 Å². The molecule has 0 saturated carbocycles. The highest BCUT2D eigenvalue weighted by Crippen LogP contribution is 1.91. The highest BCUT2D eigenvalue weighted by atomic mass is 16.5. The minimum atomic E-state index is -0.0605. The van der Waals surface area contributed by atoms with Crippen molar-refractivity contribution in [1.82, 2.24) is 10.6 Å². The van der Waals surface area contributed by atoms with E-state index in [0.717, 1.165) is 18.7 Å². The van der Waals surface area contributed by atoms with Crippen LogP contribution in [0.25, 0.3) is 0 Å². The normalized spacial score (nSPS) is 12.2. The van der Waals surface area contributed by atoms with Gasteiger partial charge in [-0.1, -0.05) is 13.2 Å². The fourth-order valence-electron chi connectivity index (χ4n) is 0.753. The van der Waals surface area contributed by atoms with Crippen LogP contribution in [0.1, 0.15) is 6.42 Å². The van der Waals surface area contributed by atoms with Crippen molar-refractivity contribution in [2.75, 3.05) is 20.7 Å². The molecule has 0 fully saturated rings. The van der Waals surface area contributed by atoms with E-state index in [4.69, 9.17) is 4.74 Å². The lowest BCUT2D eigenvalue weighted by molar-refractivity contribution is 0.113. The van der Waals surface area contributed by atoms with Crippen molar-refractivity contribution in [2.45, 2.75) is 12.6 Å². The Kier molecular flexibility index (Phi) is 6.42. The van der Waals surface area contributed by atoms with Crippen molar-refractivity contribution in [3.63, 3.8) is 0 Å². The first-order valence-electron chi connectivity index (χ1n) is 3.98. The number of nitrogens with one attached hydrogen (secondary N) is 2. The molecule has 0 bridgehead atoms. The summed E-state index contributed by atoms with van der Waals surface area (Å²) < 4.78 is 5.04. The zero-order valence-corrected chi connectivity index (χ0v) is 7.89. The molecule has 0 aliphatic heterocycles. The molecular formula is C9H18N2O. The second kappa shape index (κ2) is 6.88. The molecule has 0 aliphatic carbocycles. The van der Waals surface area contributed by atoms with Crippen LogP contribution in [0.3, 0.4) is 0 Å². The monoisotopic (exact) mass is 170 g/mol. The van der Waals surface area contributed by atoms with Gasteiger partial charge in [0.25, 0.3) is 0 Å². The predicted molar refractivity (Wildman–Crippen MR) is 51.8 cm³/mol. The van der Waals surface area contributed by atoms with Crippen molar-refractivity contribution in [3.8, 4) is 0 Å². The summed E-state index contributed by atoms with van der Waals surface area (Å²) in [4.78, 5) is 0. The number of hydrogen-bond acceptors (Lipinski definition) is 3. The van der Waals surface area contributed by atoms with Crippen LogP contribution in [0.2, 0.25) is 0 Å². The van der Waals surface area contributed by atoms with Crippen molar-refractivity contribution in [3.05, 3.63) is 24.9 Å². The van der Waals surface area contributed by atoms with E-state index >= 15 is 0 Å². The van der Waals surface area contributed by atoms with Crippen LogP contribution >= 0.6 is 0 Å². The summed E-state index contributed by atoms with van der Waals surface area (Å²) in [6, 6.07) is 0. The van der Waals surface area contributed by atoms with E-state index in [9.17, 15) is 0 Å². The van der Waals surface area contributed by atoms with Gasteiger partial charge in [0.2, 0.25) is 0 Å². The molecule has 3 nitrogen and oxygen atoms in total. The average Bonchev–Trinajstić information content (AvgIpc) is 2.12. The Labute approximate surface area is 74.5 Å². The standard InChI is InChI=1S/C9H18N2O/c1-5-9(12-4)11-7-6-8(2)10-3/h5,9-11H,1-2,6-7H2,3-4H3. The zero-order valence-electron chi connectivity index (χ0n) is 7.89. The third-order valence-electron chi connectivity index (χ3n) is 1.59. The third kappa shape index (κ3) is 4.93. The highest BCUT2D eigenvalue weighted by Gasteiger charge is 1.98. The number of methoxy groups -OCH3 is 1. The molecule has 0 aromatic carbocycles. The largest absolute Gasteiger partial charge is 0.392 e. The van der Waals surface area contributed by atoms with Crippen molar-refractivity contribution in [1.29, 1.82) is 0 Å². The first-order chi connectivity index (χ1) is 5.74. The maximum absolute atomic E-state index is 5.04. The maximum Gasteiger partial charge on any atom is 0.126 e. The topological polar surface area (TPSA) is 33.3 Å². The van der Waals surface area contributed by atoms with Crippen molar-refractivity contribution >= 4 is 0 Å². The van der Waals surface area contributed by atoms with Crippen LogP contribution in [-0.4, -0.2) is 26.9 Å². The summed E-state index contributed by atoms with van der Waals surface area (Å²) in [5, 5.41) is 6.12. The quantitative estimate of drug-likeness (QED) is 0.439. The summed E-state index contributed by atoms with van der Waals surface area (Å²) in [6.07, 6.45) is 2.56. The van der Waals surface area contributed by atoms with Gasteiger partial charge in [0.1, 0.15) is 6.23 Å². The Balaban J connectivity index is 3.40. The van der Waals surface area contributed by atoms with Crippen molar-refractivity contribution < 1.29 is 4.74 Å². The molecule has 0 rings (SSSR count). The number of rotatable bonds is 7. The first kappa shape index (κ1) is 11.2. The first-order valence-corrected chi connectivity index (χ1v) is 3.98. The molecule has 1 atom stereocenters. The van der Waals surface area contributed by atoms with Crippen LogP contribution in [0, 0.1) is 0 Å². The predicted octanol–water partition coefficient (Wildman–Crippen LogP) is 0.858. The van der Waals surface area contributed by atoms with E-state index < -0.39 is 0 Å². The Morgan fingerprint density at radius 3 is 2.75 bits per heavy atom. The second-order valence-electron chi connectivity index (χ2n) is 2.45. The van der Waals surface area contributed by atoms with E-state index in [1.165, 1.54) is 0 Å². The van der Waals surface area contributed by atoms with Gasteiger partial charge in [-0.05, 0) is 12.5 Å². The molecule has 12 heavy (non-hydrogen) atoms. The number of hydrogen-bond donors (Lipinski definition) is 2. The molecule has 0 saturated heterocycles. The Morgan fingerprint density at radius 2 is 2.33 bits per heavy atom. The fraction of sp³-hybridized carbons (Fsp3) is 0.556. The van der Waals surface area contributed by atoms with Crippen LogP contribution in [0.15, 0.2) is 24.9 Å². The third-order valence-corrected chi connectivity index (χ3v) is 1.59. The van der Waals surface area contributed by atoms with E-state index in [1.54, 1.807) is 13.2 Å². The number of ether oxygens (including phenoxy) is 1. The van der Waals surface area contributed by atoms with Crippen LogP contribution in [0.5, 0.6) is 0 Å². The molecule has 3 heteroatoms. The summed E-state index contributed by atoms with van der Waals surface area (Å²) in [5.41, 5.74) is 1.02. The molecule has 0 aromatic rings. The summed E-state index contributed by atoms with van der Waals surface area (Å²) in [7, 11) is 3.51. The molecule has 0 amide bonds. The Hall–Kier alpha value is -0.800. The minimum absolute atomic E-state index is 0.0605. The molecule has 70 valence electrons. The average molecular weight is 170 g/mol. The summed E-state index contributed by atoms with van der Waals surface area (Å²) in [6.45, 7) is 8.27. The smallest absolute Gasteiger partial charge is 0.126 e. The van der Waals surface area contributed by atoms with E-state index in [-0.39, 0.29) is 6.23 Å². The van der Waals surface area contributed by atoms with Gasteiger partial charge in [-0.3, -0.25) is 5.32 Å². The molecular weight excluding hydrogens is 152 g/mol. The Morgan fingerprint density at radius 1 is 1.67 bits per heavy atom. The summed E-state index contributed by atoms with van der Waals surface area (Å²) >= 11 is 0. The van der Waals surface area contributed by atoms with Crippen LogP contribution in [0.4, 0.5) is 0 Å². The van der Waals surface area contributed by atoms with Gasteiger partial charge >= 0.3 is 0 Å². The molecule has 2 N–H and O–H groups in total. The highest BCUT2D eigenvalue weighted by molar-refractivity contribution is 4.90. The lowest BCUT2D eigenvalue weighted by atomic mass is 10.3. The van der Waals surface area contributed by atoms with Gasteiger partial charge in [-0.15, -0.1) is 0 Å². The van der Waals surface area contributed by atoms with Crippen molar-refractivity contribution in [2.24, 2.45) is 0 Å². The fourth-order valence-corrected chi connectivity index (χ4v) is 0.753. The molecule has 0 radical (unpaired) electrons. The van der Waals surface area contributed by atoms with E-state index in [0.29, 0.717) is 0 Å². The van der Waals surface area contributed by atoms with E-state index in [1.807, 2.05) is 7.05 Å². The molecule has 0 heterocycles. The van der Waals surface area contributed by atoms with Gasteiger partial charge in [0.05, 0.1) is 0 Å². The van der Waals surface area contributed by atoms with Gasteiger partial charge < -0.3 is 10.1 Å². The zero-order chi connectivity index (χ0) is 9.40. The minimum Gasteiger partial charge on any atom is -0.392 e. The van der Waals surface area contributed by atoms with E-state index in [2.05, 4.69) is 23.8 Å². The van der Waals surface area contributed by atoms with Gasteiger partial charge in [0.15, 0.2) is 0 Å². The van der Waals surface area contributed by atoms with Crippen LogP contribution < -0.4 is 10.6 Å². The lowest BCUT2D eigenvalue weighted by Crippen LogP contribution is -2.30. The molecule has 1 unspecified atom stereocenters. The molecule has 0 spiro atoms. The van der Waals surface area contributed by atoms with Gasteiger partial charge in [-0.25, -0.2) is 0 Å². The maximum atomic E-state index is 5.04. The molecule has 0 aliphatic rings. The summed E-state index contributed by atoms with van der Waals surface area (Å²) in [5.74, 6) is 0. The SMILES string of the molecule is C=CC(NCCC(=C)NC)OC. The Bertz CT molecular complexity index is 145. The van der Waals surface area contributed by atoms with Crippen LogP contribution in [-0.2, 0) is 4.74 Å². The molecule has 0 aromatic heterocycles.